The molecule has 0 aliphatic carbocycles. The minimum absolute atomic E-state index is 0.396. The predicted octanol–water partition coefficient (Wildman–Crippen LogP) is 10.9. The topological polar surface area (TPSA) is 35.5 Å². The first-order valence-electron chi connectivity index (χ1n) is 14.4. The number of hydrogen-bond acceptors (Lipinski definition) is 4. The molecule has 1 atom stereocenters. The molecule has 6 heteroatoms. The molecule has 220 valence electrons. The number of thiophene rings is 1. The molecule has 0 radical (unpaired) electrons. The molecule has 1 aromatic heterocycles. The maximum absolute atomic E-state index is 12.6. The summed E-state index contributed by atoms with van der Waals surface area (Å²) in [4.78, 5) is 14.0. The van der Waals surface area contributed by atoms with E-state index >= 15 is 0 Å². The highest BCUT2D eigenvalue weighted by Gasteiger charge is 2.24. The van der Waals surface area contributed by atoms with Gasteiger partial charge in [0.05, 0.1) is 16.1 Å². The molecule has 3 nitrogen and oxygen atoms in total. The predicted molar refractivity (Wildman–Crippen MR) is 189 cm³/mol. The second-order valence-corrected chi connectivity index (χ2v) is 13.4. The summed E-state index contributed by atoms with van der Waals surface area (Å²) in [5.74, 6) is 0.177. The molecule has 5 aromatic carbocycles. The summed E-state index contributed by atoms with van der Waals surface area (Å²) in [6.07, 6.45) is 1.37. The average molecular weight is 727 g/mol. The number of rotatable bonds is 10. The molecule has 0 bridgehead atoms. The van der Waals surface area contributed by atoms with Crippen LogP contribution in [-0.4, -0.2) is 19.2 Å². The van der Waals surface area contributed by atoms with Crippen molar-refractivity contribution in [1.82, 2.24) is 0 Å². The number of ether oxygens (including phenoxy) is 2. The van der Waals surface area contributed by atoms with Crippen molar-refractivity contribution in [2.45, 2.75) is 25.4 Å². The smallest absolute Gasteiger partial charge is 0.347 e. The number of carbonyl (C=O) groups excluding carboxylic acids is 1. The maximum atomic E-state index is 12.6. The van der Waals surface area contributed by atoms with Crippen molar-refractivity contribution in [3.05, 3.63) is 146 Å². The van der Waals surface area contributed by atoms with E-state index in [0.717, 1.165) is 32.1 Å². The minimum Gasteiger partial charge on any atom is -0.476 e. The molecule has 44 heavy (non-hydrogen) atoms. The van der Waals surface area contributed by atoms with Crippen LogP contribution in [0.1, 0.15) is 22.4 Å². The largest absolute Gasteiger partial charge is 0.476 e. The number of fused-ring (bicyclic) bond motifs is 1. The fourth-order valence-corrected chi connectivity index (χ4v) is 8.06. The quantitative estimate of drug-likeness (QED) is 0.132. The summed E-state index contributed by atoms with van der Waals surface area (Å²) in [6, 6.07) is 42.2. The Bertz CT molecular complexity index is 1860. The Labute approximate surface area is 278 Å². The molecule has 0 fully saturated rings. The molecule has 0 aliphatic heterocycles. The van der Waals surface area contributed by atoms with Gasteiger partial charge in [0.15, 0.2) is 6.10 Å². The van der Waals surface area contributed by atoms with Crippen molar-refractivity contribution in [3.63, 3.8) is 0 Å². The third-order valence-corrected chi connectivity index (χ3v) is 9.99. The molecule has 6 rings (SSSR count). The van der Waals surface area contributed by atoms with Crippen molar-refractivity contribution in [3.8, 4) is 28.0 Å². The third-order valence-electron chi connectivity index (χ3n) is 7.64. The Morgan fingerprint density at radius 2 is 1.32 bits per heavy atom. The summed E-state index contributed by atoms with van der Waals surface area (Å²) in [5, 5.41) is 1.29. The molecular formula is C38H30Br2O3S. The fraction of sp³-hybridized carbons (Fsp3) is 0.132. The zero-order chi connectivity index (χ0) is 30.5. The van der Waals surface area contributed by atoms with Crippen molar-refractivity contribution < 1.29 is 14.3 Å². The lowest BCUT2D eigenvalue weighted by molar-refractivity contribution is -0.149. The van der Waals surface area contributed by atoms with Crippen LogP contribution in [0, 0.1) is 0 Å². The molecule has 0 saturated heterocycles. The fourth-order valence-electron chi connectivity index (χ4n) is 5.43. The van der Waals surface area contributed by atoms with Crippen LogP contribution < -0.4 is 4.74 Å². The number of esters is 1. The van der Waals surface area contributed by atoms with Gasteiger partial charge in [-0.05, 0) is 90.7 Å². The van der Waals surface area contributed by atoms with Crippen LogP contribution in [0.3, 0.4) is 0 Å². The monoisotopic (exact) mass is 724 g/mol. The Balaban J connectivity index is 1.26. The van der Waals surface area contributed by atoms with E-state index in [1.807, 2.05) is 53.8 Å². The Kier molecular flexibility index (Phi) is 9.60. The molecule has 0 amide bonds. The highest BCUT2D eigenvalue weighted by atomic mass is 79.9. The van der Waals surface area contributed by atoms with E-state index < -0.39 is 12.1 Å². The number of hydrogen-bond donors (Lipinski definition) is 0. The Hall–Kier alpha value is -3.71. The van der Waals surface area contributed by atoms with Gasteiger partial charge in [0, 0.05) is 26.9 Å². The van der Waals surface area contributed by atoms with Gasteiger partial charge in [-0.3, -0.25) is 0 Å². The average Bonchev–Trinajstić information content (AvgIpc) is 3.42. The molecule has 0 N–H and O–H groups in total. The second kappa shape index (κ2) is 13.9. The third kappa shape index (κ3) is 6.83. The number of benzene rings is 5. The normalized spacial score (nSPS) is 11.8. The van der Waals surface area contributed by atoms with Crippen LogP contribution in [0.4, 0.5) is 0 Å². The molecule has 0 unspecified atom stereocenters. The zero-order valence-corrected chi connectivity index (χ0v) is 28.1. The number of aryl methyl sites for hydroxylation is 1. The first-order valence-corrected chi connectivity index (χ1v) is 16.8. The summed E-state index contributed by atoms with van der Waals surface area (Å²) in [5.41, 5.74) is 7.07. The molecular weight excluding hydrogens is 696 g/mol. The van der Waals surface area contributed by atoms with E-state index in [1.54, 1.807) is 0 Å². The van der Waals surface area contributed by atoms with Gasteiger partial charge in [-0.15, -0.1) is 11.3 Å². The molecule has 0 saturated carbocycles. The van der Waals surface area contributed by atoms with Crippen LogP contribution in [0.5, 0.6) is 5.75 Å². The van der Waals surface area contributed by atoms with Gasteiger partial charge in [0.2, 0.25) is 0 Å². The minimum atomic E-state index is -0.733. The van der Waals surface area contributed by atoms with Gasteiger partial charge in [-0.1, -0.05) is 103 Å². The van der Waals surface area contributed by atoms with E-state index in [9.17, 15) is 4.79 Å². The Morgan fingerprint density at radius 1 is 0.727 bits per heavy atom. The lowest BCUT2D eigenvalue weighted by Crippen LogP contribution is -2.29. The van der Waals surface area contributed by atoms with Crippen molar-refractivity contribution in [2.24, 2.45) is 0 Å². The van der Waals surface area contributed by atoms with Crippen LogP contribution >= 0.6 is 43.2 Å². The van der Waals surface area contributed by atoms with Crippen molar-refractivity contribution in [1.29, 1.82) is 0 Å². The zero-order valence-electron chi connectivity index (χ0n) is 24.1. The van der Waals surface area contributed by atoms with Gasteiger partial charge in [0.25, 0.3) is 0 Å². The van der Waals surface area contributed by atoms with Crippen LogP contribution in [-0.2, 0) is 22.4 Å². The number of methoxy groups -OCH3 is 1. The summed E-state index contributed by atoms with van der Waals surface area (Å²) < 4.78 is 14.1. The SMILES string of the molecule is COC(=O)[C@H](CCc1ccccc1)Oc1c(Br)cc(-c2ccc(-c3c(Cc4ccccc4)sc4ccccc34)cc2)cc1Br. The van der Waals surface area contributed by atoms with Gasteiger partial charge < -0.3 is 9.47 Å². The van der Waals surface area contributed by atoms with Gasteiger partial charge >= 0.3 is 5.97 Å². The lowest BCUT2D eigenvalue weighted by Gasteiger charge is -2.20. The van der Waals surface area contributed by atoms with Gasteiger partial charge in [-0.2, -0.15) is 0 Å². The highest BCUT2D eigenvalue weighted by molar-refractivity contribution is 9.11. The second-order valence-electron chi connectivity index (χ2n) is 10.6. The van der Waals surface area contributed by atoms with Crippen molar-refractivity contribution >= 4 is 59.3 Å². The maximum Gasteiger partial charge on any atom is 0.347 e. The summed E-state index contributed by atoms with van der Waals surface area (Å²) >= 11 is 9.27. The van der Waals surface area contributed by atoms with Crippen molar-refractivity contribution in [2.75, 3.05) is 7.11 Å². The summed E-state index contributed by atoms with van der Waals surface area (Å²) in [7, 11) is 1.39. The molecule has 1 heterocycles. The first kappa shape index (κ1) is 30.3. The van der Waals surface area contributed by atoms with E-state index in [-0.39, 0.29) is 0 Å². The van der Waals surface area contributed by atoms with Crippen LogP contribution in [0.25, 0.3) is 32.3 Å². The number of carbonyl (C=O) groups is 1. The first-order chi connectivity index (χ1) is 21.5. The highest BCUT2D eigenvalue weighted by Crippen LogP contribution is 2.42. The summed E-state index contributed by atoms with van der Waals surface area (Å²) in [6.45, 7) is 0. The molecule has 0 aliphatic rings. The molecule has 6 aromatic rings. The molecule has 0 spiro atoms. The van der Waals surface area contributed by atoms with E-state index in [1.165, 1.54) is 38.8 Å². The number of halogens is 2. The van der Waals surface area contributed by atoms with E-state index in [4.69, 9.17) is 9.47 Å². The van der Waals surface area contributed by atoms with Crippen LogP contribution in [0.2, 0.25) is 0 Å². The van der Waals surface area contributed by atoms with E-state index in [2.05, 4.69) is 111 Å². The Morgan fingerprint density at radius 3 is 1.98 bits per heavy atom. The van der Waals surface area contributed by atoms with Gasteiger partial charge in [-0.25, -0.2) is 4.79 Å². The van der Waals surface area contributed by atoms with Crippen LogP contribution in [0.15, 0.2) is 130 Å². The van der Waals surface area contributed by atoms with Gasteiger partial charge in [0.1, 0.15) is 5.75 Å². The lowest BCUT2D eigenvalue weighted by atomic mass is 9.96. The van der Waals surface area contributed by atoms with E-state index in [0.29, 0.717) is 18.6 Å². The standard InChI is InChI=1S/C38H30Br2O3S/c1-42-38(41)33(21-16-25-10-4-2-5-11-25)43-37-31(39)23-29(24-32(37)40)27-17-19-28(20-18-27)36-30-14-8-9-15-34(30)44-35(36)22-26-12-6-3-7-13-26/h2-15,17-20,23-24,33H,16,21-22H2,1H3/t33-/m0/s1.